The molecule has 0 bridgehead atoms. The molecule has 10 aromatic carbocycles. The van der Waals surface area contributed by atoms with E-state index in [2.05, 4.69) is 146 Å². The second-order valence-corrected chi connectivity index (χ2v) is 17.1. The molecule has 0 aliphatic heterocycles. The third-order valence-corrected chi connectivity index (χ3v) is 14.1. The first-order valence-corrected chi connectivity index (χ1v) is 21.9. The Kier molecular flexibility index (Phi) is 6.65. The minimum absolute atomic E-state index is 0.962. The quantitative estimate of drug-likeness (QED) is 0.178. The van der Waals surface area contributed by atoms with E-state index in [1.165, 1.54) is 108 Å². The minimum Gasteiger partial charge on any atom is -0.256 e. The Morgan fingerprint density at radius 2 is 0.625 bits per heavy atom. The zero-order valence-corrected chi connectivity index (χ0v) is 34.3. The SMILES string of the molecule is c1ccc(-c2c3c(c(-c4ccccn4)c4ccccc24)-c2ccc4c5cc6c(-c7ccccn7)c7c8cccc9cccc(c7c(-c7ccccn7)c6cc5c5ccc-3c2c54)c98)nc1. The molecule has 0 unspecified atom stereocenters. The lowest BCUT2D eigenvalue weighted by atomic mass is 9.85. The van der Waals surface area contributed by atoms with Crippen LogP contribution in [0.3, 0.4) is 0 Å². The van der Waals surface area contributed by atoms with Crippen molar-refractivity contribution in [3.63, 3.8) is 0 Å². The normalized spacial score (nSPS) is 12.4. The molecular weight excluding hydrogens is 777 g/mol. The van der Waals surface area contributed by atoms with Gasteiger partial charge in [-0.15, -0.1) is 0 Å². The Balaban J connectivity index is 1.14. The number of rotatable bonds is 4. The standard InChI is InChI=1S/C60H32N4/c1-2-16-35-34(15-1)53(46-19-3-7-27-61-46)59-40-25-23-36-42-31-44-45(32-43(42)37-24-26-41(52(40)51(36)37)60(59)54(35)47-20-4-8-28-62-47)56(49-22-6-10-30-64-49)58-39-18-12-14-33-13-11-17-38(50(33)39)57(58)55(44)48-21-5-9-29-63-48/h1-32H. The van der Waals surface area contributed by atoms with E-state index in [-0.39, 0.29) is 0 Å². The molecule has 4 heteroatoms. The van der Waals surface area contributed by atoms with Crippen molar-refractivity contribution in [2.45, 2.75) is 0 Å². The molecule has 1 aliphatic carbocycles. The number of hydrogen-bond donors (Lipinski definition) is 0. The second-order valence-electron chi connectivity index (χ2n) is 17.1. The molecule has 4 aromatic heterocycles. The maximum absolute atomic E-state index is 5.10. The Hall–Kier alpha value is -8.60. The molecule has 292 valence electrons. The molecule has 4 heterocycles. The predicted octanol–water partition coefficient (Wildman–Crippen LogP) is 15.7. The number of fused-ring (bicyclic) bond motifs is 11. The highest BCUT2D eigenvalue weighted by Gasteiger charge is 2.33. The van der Waals surface area contributed by atoms with E-state index in [1.807, 2.05) is 49.1 Å². The smallest absolute Gasteiger partial charge is 0.0714 e. The number of hydrogen-bond acceptors (Lipinski definition) is 4. The highest BCUT2D eigenvalue weighted by Crippen LogP contribution is 2.60. The number of nitrogens with zero attached hydrogens (tertiary/aromatic N) is 4. The van der Waals surface area contributed by atoms with Crippen molar-refractivity contribution in [1.29, 1.82) is 0 Å². The first kappa shape index (κ1) is 34.0. The van der Waals surface area contributed by atoms with Gasteiger partial charge in [-0.2, -0.15) is 0 Å². The molecular formula is C60H32N4. The Morgan fingerprint density at radius 1 is 0.219 bits per heavy atom. The van der Waals surface area contributed by atoms with Crippen molar-refractivity contribution in [2.75, 3.05) is 0 Å². The summed E-state index contributed by atoms with van der Waals surface area (Å²) in [5.74, 6) is 0. The summed E-state index contributed by atoms with van der Waals surface area (Å²) in [7, 11) is 0. The first-order valence-electron chi connectivity index (χ1n) is 21.9. The summed E-state index contributed by atoms with van der Waals surface area (Å²) in [5, 5.41) is 19.7. The summed E-state index contributed by atoms with van der Waals surface area (Å²) in [6.45, 7) is 0. The summed E-state index contributed by atoms with van der Waals surface area (Å²) < 4.78 is 0. The maximum Gasteiger partial charge on any atom is 0.0714 e. The monoisotopic (exact) mass is 808 g/mol. The number of aromatic nitrogens is 4. The molecule has 0 saturated carbocycles. The van der Waals surface area contributed by atoms with Gasteiger partial charge in [0.05, 0.1) is 22.8 Å². The van der Waals surface area contributed by atoms with Crippen LogP contribution >= 0.6 is 0 Å². The molecule has 0 amide bonds. The van der Waals surface area contributed by atoms with Gasteiger partial charge in [0.1, 0.15) is 0 Å². The molecule has 15 rings (SSSR count). The van der Waals surface area contributed by atoms with Crippen LogP contribution < -0.4 is 0 Å². The zero-order valence-electron chi connectivity index (χ0n) is 34.3. The van der Waals surface area contributed by atoms with E-state index in [9.17, 15) is 0 Å². The van der Waals surface area contributed by atoms with Gasteiger partial charge >= 0.3 is 0 Å². The summed E-state index contributed by atoms with van der Waals surface area (Å²) in [6, 6.07) is 61.7. The third kappa shape index (κ3) is 4.31. The molecule has 0 atom stereocenters. The van der Waals surface area contributed by atoms with Gasteiger partial charge in [0.15, 0.2) is 0 Å². The van der Waals surface area contributed by atoms with E-state index < -0.39 is 0 Å². The molecule has 0 saturated heterocycles. The highest BCUT2D eigenvalue weighted by molar-refractivity contribution is 6.43. The van der Waals surface area contributed by atoms with Gasteiger partial charge in [0.25, 0.3) is 0 Å². The van der Waals surface area contributed by atoms with Crippen LogP contribution in [0.25, 0.3) is 153 Å². The fourth-order valence-electron chi connectivity index (χ4n) is 11.7. The van der Waals surface area contributed by atoms with Gasteiger partial charge in [-0.1, -0.05) is 109 Å². The van der Waals surface area contributed by atoms with Crippen molar-refractivity contribution < 1.29 is 0 Å². The third-order valence-electron chi connectivity index (χ3n) is 14.1. The van der Waals surface area contributed by atoms with Crippen LogP contribution in [0.1, 0.15) is 0 Å². The summed E-state index contributed by atoms with van der Waals surface area (Å²) >= 11 is 0. The zero-order chi connectivity index (χ0) is 41.6. The highest BCUT2D eigenvalue weighted by atomic mass is 14.7. The largest absolute Gasteiger partial charge is 0.256 e. The molecule has 0 radical (unpaired) electrons. The Bertz CT molecular complexity index is 4000. The van der Waals surface area contributed by atoms with Gasteiger partial charge < -0.3 is 0 Å². The summed E-state index contributed by atoms with van der Waals surface area (Å²) in [6.07, 6.45) is 7.66. The van der Waals surface area contributed by atoms with E-state index in [1.54, 1.807) is 0 Å². The molecule has 0 spiro atoms. The van der Waals surface area contributed by atoms with E-state index in [0.29, 0.717) is 0 Å². The lowest BCUT2D eigenvalue weighted by Gasteiger charge is -2.19. The van der Waals surface area contributed by atoms with Crippen LogP contribution in [0.5, 0.6) is 0 Å². The Morgan fingerprint density at radius 3 is 1.05 bits per heavy atom. The maximum atomic E-state index is 5.10. The molecule has 64 heavy (non-hydrogen) atoms. The topological polar surface area (TPSA) is 51.6 Å². The van der Waals surface area contributed by atoms with Crippen molar-refractivity contribution in [3.8, 4) is 67.3 Å². The summed E-state index contributed by atoms with van der Waals surface area (Å²) in [4.78, 5) is 20.2. The first-order chi connectivity index (χ1) is 31.8. The minimum atomic E-state index is 0.962. The lowest BCUT2D eigenvalue weighted by Crippen LogP contribution is -1.95. The molecule has 14 aromatic rings. The van der Waals surface area contributed by atoms with Crippen LogP contribution in [-0.2, 0) is 0 Å². The Labute approximate surface area is 366 Å². The van der Waals surface area contributed by atoms with Crippen molar-refractivity contribution >= 4 is 86.2 Å². The number of benzene rings is 8. The molecule has 0 fully saturated rings. The van der Waals surface area contributed by atoms with Crippen LogP contribution in [0.4, 0.5) is 0 Å². The van der Waals surface area contributed by atoms with Gasteiger partial charge in [-0.3, -0.25) is 19.9 Å². The average Bonchev–Trinajstić information content (AvgIpc) is 3.99. The van der Waals surface area contributed by atoms with Crippen molar-refractivity contribution in [2.24, 2.45) is 0 Å². The second kappa shape index (κ2) is 12.5. The van der Waals surface area contributed by atoms with Gasteiger partial charge in [0.2, 0.25) is 0 Å². The average molecular weight is 809 g/mol. The van der Waals surface area contributed by atoms with Crippen molar-refractivity contribution in [3.05, 3.63) is 195 Å². The van der Waals surface area contributed by atoms with Gasteiger partial charge in [-0.25, -0.2) is 0 Å². The van der Waals surface area contributed by atoms with E-state index in [4.69, 9.17) is 19.9 Å². The van der Waals surface area contributed by atoms with Gasteiger partial charge in [0, 0.05) is 68.9 Å². The van der Waals surface area contributed by atoms with E-state index >= 15 is 0 Å². The fourth-order valence-corrected chi connectivity index (χ4v) is 11.7. The molecule has 0 N–H and O–H groups in total. The summed E-state index contributed by atoms with van der Waals surface area (Å²) in [5.41, 5.74) is 13.4. The van der Waals surface area contributed by atoms with Crippen molar-refractivity contribution in [1.82, 2.24) is 19.9 Å². The lowest BCUT2D eigenvalue weighted by molar-refractivity contribution is 1.33. The van der Waals surface area contributed by atoms with Crippen LogP contribution in [-0.4, -0.2) is 19.9 Å². The van der Waals surface area contributed by atoms with Crippen LogP contribution in [0.2, 0.25) is 0 Å². The molecule has 4 nitrogen and oxygen atoms in total. The van der Waals surface area contributed by atoms with E-state index in [0.717, 1.165) is 45.0 Å². The fraction of sp³-hybridized carbons (Fsp3) is 0. The molecule has 1 aliphatic rings. The van der Waals surface area contributed by atoms with Crippen LogP contribution in [0.15, 0.2) is 195 Å². The van der Waals surface area contributed by atoms with Crippen LogP contribution in [0, 0.1) is 0 Å². The van der Waals surface area contributed by atoms with Gasteiger partial charge in [-0.05, 0) is 147 Å². The number of pyridine rings is 4. The predicted molar refractivity (Wildman–Crippen MR) is 266 cm³/mol.